The fourth-order valence-corrected chi connectivity index (χ4v) is 3.02. The van der Waals surface area contributed by atoms with Gasteiger partial charge in [0, 0.05) is 18.8 Å². The molecule has 1 atom stereocenters. The smallest absolute Gasteiger partial charge is 0.356 e. The maximum absolute atomic E-state index is 12.4. The zero-order valence-electron chi connectivity index (χ0n) is 14.6. The van der Waals surface area contributed by atoms with E-state index in [9.17, 15) is 9.59 Å². The van der Waals surface area contributed by atoms with Gasteiger partial charge in [0.25, 0.3) is 0 Å². The number of carbonyl (C=O) groups excluding carboxylic acids is 2. The summed E-state index contributed by atoms with van der Waals surface area (Å²) in [6, 6.07) is 1.95. The molecule has 0 aliphatic carbocycles. The first-order valence-electron chi connectivity index (χ1n) is 8.28. The van der Waals surface area contributed by atoms with Crippen LogP contribution in [0, 0.1) is 13.8 Å². The van der Waals surface area contributed by atoms with Gasteiger partial charge in [-0.15, -0.1) is 0 Å². The van der Waals surface area contributed by atoms with Gasteiger partial charge in [0.1, 0.15) is 5.69 Å². The molecule has 3 rings (SSSR count). The van der Waals surface area contributed by atoms with E-state index in [1.807, 2.05) is 24.6 Å². The van der Waals surface area contributed by atoms with Crippen LogP contribution in [0.3, 0.4) is 0 Å². The Balaban J connectivity index is 1.59. The zero-order valence-corrected chi connectivity index (χ0v) is 14.6. The second-order valence-corrected chi connectivity index (χ2v) is 6.06. The molecular formula is C16H22N6O3. The molecule has 0 radical (unpaired) electrons. The Hall–Kier alpha value is -2.84. The summed E-state index contributed by atoms with van der Waals surface area (Å²) in [5.41, 5.74) is 2.27. The van der Waals surface area contributed by atoms with E-state index in [0.29, 0.717) is 13.1 Å². The number of hydrogen-bond acceptors (Lipinski definition) is 5. The molecule has 0 bridgehead atoms. The molecule has 1 unspecified atom stereocenters. The molecule has 1 fully saturated rings. The van der Waals surface area contributed by atoms with Gasteiger partial charge in [0.15, 0.2) is 0 Å². The Kier molecular flexibility index (Phi) is 4.73. The predicted octanol–water partition coefficient (Wildman–Crippen LogP) is 1.88. The molecule has 25 heavy (non-hydrogen) atoms. The van der Waals surface area contributed by atoms with Gasteiger partial charge in [0.2, 0.25) is 5.95 Å². The first-order chi connectivity index (χ1) is 12.0. The quantitative estimate of drug-likeness (QED) is 0.822. The molecule has 1 saturated heterocycles. The molecule has 2 aromatic heterocycles. The SMILES string of the molecule is CCOC(=O)c1cnc(NC(=O)N2CCC(n3nc(C)cc3C)C2)[nH]1. The van der Waals surface area contributed by atoms with Crippen LogP contribution in [0.5, 0.6) is 0 Å². The largest absolute Gasteiger partial charge is 0.461 e. The van der Waals surface area contributed by atoms with Crippen molar-refractivity contribution in [1.82, 2.24) is 24.6 Å². The minimum atomic E-state index is -0.499. The maximum atomic E-state index is 12.4. The molecule has 9 nitrogen and oxygen atoms in total. The van der Waals surface area contributed by atoms with E-state index < -0.39 is 5.97 Å². The number of aryl methyl sites for hydroxylation is 2. The van der Waals surface area contributed by atoms with Crippen LogP contribution in [0.25, 0.3) is 0 Å². The van der Waals surface area contributed by atoms with E-state index in [1.54, 1.807) is 11.8 Å². The standard InChI is InChI=1S/C16H22N6O3/c1-4-25-14(23)13-8-17-15(18-13)19-16(24)21-6-5-12(9-21)22-11(3)7-10(2)20-22/h7-8,12H,4-6,9H2,1-3H3,(H2,17,18,19,24). The lowest BCUT2D eigenvalue weighted by Gasteiger charge is -2.17. The van der Waals surface area contributed by atoms with E-state index in [4.69, 9.17) is 4.74 Å². The number of urea groups is 1. The number of esters is 1. The van der Waals surface area contributed by atoms with Gasteiger partial charge in [-0.25, -0.2) is 14.6 Å². The van der Waals surface area contributed by atoms with Gasteiger partial charge >= 0.3 is 12.0 Å². The van der Waals surface area contributed by atoms with Crippen LogP contribution in [0.2, 0.25) is 0 Å². The highest BCUT2D eigenvalue weighted by atomic mass is 16.5. The van der Waals surface area contributed by atoms with Crippen molar-refractivity contribution in [2.24, 2.45) is 0 Å². The summed E-state index contributed by atoms with van der Waals surface area (Å²) in [7, 11) is 0. The number of aromatic amines is 1. The number of hydrogen-bond donors (Lipinski definition) is 2. The van der Waals surface area contributed by atoms with Crippen molar-refractivity contribution < 1.29 is 14.3 Å². The Morgan fingerprint density at radius 1 is 1.44 bits per heavy atom. The monoisotopic (exact) mass is 346 g/mol. The zero-order chi connectivity index (χ0) is 18.0. The summed E-state index contributed by atoms with van der Waals surface area (Å²) in [4.78, 5) is 32.5. The van der Waals surface area contributed by atoms with Crippen molar-refractivity contribution in [2.75, 3.05) is 25.0 Å². The minimum Gasteiger partial charge on any atom is -0.461 e. The van der Waals surface area contributed by atoms with Gasteiger partial charge in [-0.05, 0) is 33.3 Å². The van der Waals surface area contributed by atoms with Crippen LogP contribution in [0.1, 0.15) is 41.3 Å². The molecule has 134 valence electrons. The summed E-state index contributed by atoms with van der Waals surface area (Å²) in [6.07, 6.45) is 2.19. The average molecular weight is 346 g/mol. The van der Waals surface area contributed by atoms with Gasteiger partial charge in [-0.3, -0.25) is 10.00 Å². The van der Waals surface area contributed by atoms with Crippen LogP contribution in [-0.2, 0) is 4.74 Å². The fourth-order valence-electron chi connectivity index (χ4n) is 3.02. The van der Waals surface area contributed by atoms with E-state index in [-0.39, 0.29) is 30.3 Å². The maximum Gasteiger partial charge on any atom is 0.356 e. The van der Waals surface area contributed by atoms with E-state index in [2.05, 4.69) is 20.4 Å². The molecule has 1 aliphatic rings. The highest BCUT2D eigenvalue weighted by Crippen LogP contribution is 2.23. The number of H-pyrrole nitrogens is 1. The Morgan fingerprint density at radius 2 is 2.24 bits per heavy atom. The number of nitrogens with zero attached hydrogens (tertiary/aromatic N) is 4. The molecule has 0 aromatic carbocycles. The predicted molar refractivity (Wildman–Crippen MR) is 90.5 cm³/mol. The van der Waals surface area contributed by atoms with E-state index in [1.165, 1.54) is 6.20 Å². The summed E-state index contributed by atoms with van der Waals surface area (Å²) in [5.74, 6) is -0.274. The fraction of sp³-hybridized carbons (Fsp3) is 0.500. The molecular weight excluding hydrogens is 324 g/mol. The van der Waals surface area contributed by atoms with E-state index >= 15 is 0 Å². The lowest BCUT2D eigenvalue weighted by Crippen LogP contribution is -2.33. The van der Waals surface area contributed by atoms with E-state index in [0.717, 1.165) is 17.8 Å². The molecule has 2 amide bonds. The number of imidazole rings is 1. The van der Waals surface area contributed by atoms with Crippen molar-refractivity contribution in [3.8, 4) is 0 Å². The van der Waals surface area contributed by atoms with Crippen molar-refractivity contribution in [3.63, 3.8) is 0 Å². The van der Waals surface area contributed by atoms with Crippen LogP contribution in [0.15, 0.2) is 12.3 Å². The molecule has 1 aliphatic heterocycles. The second-order valence-electron chi connectivity index (χ2n) is 6.06. The minimum absolute atomic E-state index is 0.172. The summed E-state index contributed by atoms with van der Waals surface area (Å²) in [6.45, 7) is 7.20. The molecule has 2 aromatic rings. The van der Waals surface area contributed by atoms with Crippen molar-refractivity contribution in [3.05, 3.63) is 29.3 Å². The van der Waals surface area contributed by atoms with Crippen LogP contribution < -0.4 is 5.32 Å². The number of rotatable bonds is 4. The van der Waals surface area contributed by atoms with Gasteiger partial charge in [-0.2, -0.15) is 5.10 Å². The Morgan fingerprint density at radius 3 is 2.92 bits per heavy atom. The van der Waals surface area contributed by atoms with Gasteiger partial charge in [0.05, 0.1) is 24.5 Å². The van der Waals surface area contributed by atoms with Crippen LogP contribution >= 0.6 is 0 Å². The number of nitrogens with one attached hydrogen (secondary N) is 2. The Bertz CT molecular complexity index is 781. The first kappa shape index (κ1) is 17.0. The van der Waals surface area contributed by atoms with Crippen LogP contribution in [0.4, 0.5) is 10.7 Å². The lowest BCUT2D eigenvalue weighted by molar-refractivity contribution is 0.0520. The molecule has 9 heteroatoms. The van der Waals surface area contributed by atoms with Crippen molar-refractivity contribution >= 4 is 17.9 Å². The summed E-state index contributed by atoms with van der Waals surface area (Å²) >= 11 is 0. The Labute approximate surface area is 145 Å². The third-order valence-electron chi connectivity index (χ3n) is 4.14. The number of amides is 2. The third-order valence-corrected chi connectivity index (χ3v) is 4.14. The molecule has 2 N–H and O–H groups in total. The second kappa shape index (κ2) is 6.96. The molecule has 3 heterocycles. The van der Waals surface area contributed by atoms with Gasteiger partial charge < -0.3 is 14.6 Å². The highest BCUT2D eigenvalue weighted by Gasteiger charge is 2.29. The highest BCUT2D eigenvalue weighted by molar-refractivity contribution is 5.90. The normalized spacial score (nSPS) is 16.9. The van der Waals surface area contributed by atoms with Crippen molar-refractivity contribution in [1.29, 1.82) is 0 Å². The van der Waals surface area contributed by atoms with Crippen molar-refractivity contribution in [2.45, 2.75) is 33.2 Å². The number of carbonyl (C=O) groups is 2. The average Bonchev–Trinajstić information content (AvgIpc) is 3.27. The summed E-state index contributed by atoms with van der Waals surface area (Å²) in [5, 5.41) is 7.17. The number of anilines is 1. The molecule has 0 saturated carbocycles. The third kappa shape index (κ3) is 3.65. The number of aromatic nitrogens is 4. The van der Waals surface area contributed by atoms with Crippen LogP contribution in [-0.4, -0.2) is 56.3 Å². The summed E-state index contributed by atoms with van der Waals surface area (Å²) < 4.78 is 6.86. The number of likely N-dealkylation sites (tertiary alicyclic amines) is 1. The first-order valence-corrected chi connectivity index (χ1v) is 8.28. The topological polar surface area (TPSA) is 105 Å². The lowest BCUT2D eigenvalue weighted by atomic mass is 10.2. The number of ether oxygens (including phenoxy) is 1. The van der Waals surface area contributed by atoms with Gasteiger partial charge in [-0.1, -0.05) is 0 Å². The molecule has 0 spiro atoms.